The molecule has 6 heteroatoms. The van der Waals surface area contributed by atoms with Crippen LogP contribution < -0.4 is 0 Å². The highest BCUT2D eigenvalue weighted by Crippen LogP contribution is 2.30. The van der Waals surface area contributed by atoms with Crippen LogP contribution in [-0.2, 0) is 23.8 Å². The summed E-state index contributed by atoms with van der Waals surface area (Å²) in [6.07, 6.45) is 35.0. The Kier molecular flexibility index (Phi) is 26.0. The van der Waals surface area contributed by atoms with Crippen molar-refractivity contribution in [2.45, 2.75) is 174 Å². The van der Waals surface area contributed by atoms with Crippen LogP contribution in [0.1, 0.15) is 156 Å². The molecule has 44 heavy (non-hydrogen) atoms. The Labute approximate surface area is 270 Å². The van der Waals surface area contributed by atoms with Crippen molar-refractivity contribution < 1.29 is 28.9 Å². The zero-order valence-corrected chi connectivity index (χ0v) is 28.5. The van der Waals surface area contributed by atoms with Crippen LogP contribution >= 0.6 is 0 Å². The van der Waals surface area contributed by atoms with Crippen molar-refractivity contribution in [2.24, 2.45) is 5.92 Å². The normalized spacial score (nSPS) is 17.9. The maximum absolute atomic E-state index is 12.0. The second kappa shape index (κ2) is 28.5. The molecular formula is C38H66O6. The highest BCUT2D eigenvalue weighted by atomic mass is 16.6. The van der Waals surface area contributed by atoms with Crippen LogP contribution in [0.3, 0.4) is 0 Å². The minimum Gasteiger partial charge on any atom is -0.463 e. The van der Waals surface area contributed by atoms with E-state index in [4.69, 9.17) is 14.2 Å². The van der Waals surface area contributed by atoms with Gasteiger partial charge >= 0.3 is 11.9 Å². The highest BCUT2D eigenvalue weighted by Gasteiger charge is 2.36. The SMILES string of the molecule is CCCCC/C=C\C/C=C\C/C=C\CC1OC1CCCC(=O)OC[C@H](O)COC(=O)CCCCCCCCCCC(C)CC. The molecule has 1 aliphatic heterocycles. The quantitative estimate of drug-likeness (QED) is 0.0373. The van der Waals surface area contributed by atoms with E-state index in [0.29, 0.717) is 19.3 Å². The zero-order valence-electron chi connectivity index (χ0n) is 28.5. The van der Waals surface area contributed by atoms with E-state index in [1.54, 1.807) is 0 Å². The van der Waals surface area contributed by atoms with Crippen LogP contribution in [0.15, 0.2) is 36.5 Å². The molecule has 6 nitrogen and oxygen atoms in total. The molecule has 1 aliphatic rings. The van der Waals surface area contributed by atoms with Crippen LogP contribution in [0.5, 0.6) is 0 Å². The Morgan fingerprint density at radius 1 is 0.705 bits per heavy atom. The standard InChI is InChI=1S/C38H66O6/c1-4-6-7-8-9-10-11-12-13-17-20-23-27-35-36(44-35)28-25-30-38(41)43-32-34(39)31-42-37(40)29-24-21-18-15-14-16-19-22-26-33(3)5-2/h9-10,12-13,20,23,33-36,39H,4-8,11,14-19,21-22,24-32H2,1-3H3/b10-9-,13-12-,23-20-/t33?,34-,35?,36?/m1/s1. The number of hydrogen-bond acceptors (Lipinski definition) is 6. The molecule has 0 aromatic rings. The molecule has 0 aromatic heterocycles. The summed E-state index contributed by atoms with van der Waals surface area (Å²) in [5.74, 6) is 0.212. The van der Waals surface area contributed by atoms with E-state index in [1.807, 2.05) is 0 Å². The fraction of sp³-hybridized carbons (Fsp3) is 0.789. The number of epoxide rings is 1. The molecular weight excluding hydrogens is 552 g/mol. The summed E-state index contributed by atoms with van der Waals surface area (Å²) in [6, 6.07) is 0. The Balaban J connectivity index is 1.91. The molecule has 0 spiro atoms. The van der Waals surface area contributed by atoms with Gasteiger partial charge in [0.1, 0.15) is 19.3 Å². The van der Waals surface area contributed by atoms with Gasteiger partial charge in [-0.05, 0) is 57.3 Å². The lowest BCUT2D eigenvalue weighted by molar-refractivity contribution is -0.152. The van der Waals surface area contributed by atoms with Crippen LogP contribution in [0.2, 0.25) is 0 Å². The molecule has 0 aromatic carbocycles. The number of rotatable bonds is 30. The lowest BCUT2D eigenvalue weighted by Crippen LogP contribution is -2.25. The van der Waals surface area contributed by atoms with Gasteiger partial charge in [-0.3, -0.25) is 9.59 Å². The first-order valence-electron chi connectivity index (χ1n) is 18.1. The van der Waals surface area contributed by atoms with Gasteiger partial charge in [-0.2, -0.15) is 0 Å². The van der Waals surface area contributed by atoms with Crippen molar-refractivity contribution in [3.8, 4) is 0 Å². The van der Waals surface area contributed by atoms with Crippen molar-refractivity contribution in [1.29, 1.82) is 0 Å². The summed E-state index contributed by atoms with van der Waals surface area (Å²) in [7, 11) is 0. The number of carbonyl (C=O) groups is 2. The second-order valence-corrected chi connectivity index (χ2v) is 12.6. The largest absolute Gasteiger partial charge is 0.463 e. The van der Waals surface area contributed by atoms with Gasteiger partial charge in [0.25, 0.3) is 0 Å². The number of ether oxygens (including phenoxy) is 3. The smallest absolute Gasteiger partial charge is 0.305 e. The maximum Gasteiger partial charge on any atom is 0.305 e. The predicted molar refractivity (Wildman–Crippen MR) is 181 cm³/mol. The number of allylic oxidation sites excluding steroid dienone is 5. The third-order valence-corrected chi connectivity index (χ3v) is 8.34. The van der Waals surface area contributed by atoms with E-state index in [1.165, 1.54) is 70.6 Å². The molecule has 254 valence electrons. The average Bonchev–Trinajstić information content (AvgIpc) is 3.77. The maximum atomic E-state index is 12.0. The van der Waals surface area contributed by atoms with Gasteiger partial charge in [-0.1, -0.05) is 128 Å². The molecule has 3 unspecified atom stereocenters. The topological polar surface area (TPSA) is 85.4 Å². The third-order valence-electron chi connectivity index (χ3n) is 8.34. The number of esters is 2. The summed E-state index contributed by atoms with van der Waals surface area (Å²) in [5, 5.41) is 10.0. The summed E-state index contributed by atoms with van der Waals surface area (Å²) < 4.78 is 16.0. The lowest BCUT2D eigenvalue weighted by Gasteiger charge is -2.12. The fourth-order valence-electron chi connectivity index (χ4n) is 5.09. The first-order valence-corrected chi connectivity index (χ1v) is 18.1. The summed E-state index contributed by atoms with van der Waals surface area (Å²) in [5.41, 5.74) is 0. The fourth-order valence-corrected chi connectivity index (χ4v) is 5.09. The molecule has 0 aliphatic carbocycles. The van der Waals surface area contributed by atoms with E-state index in [2.05, 4.69) is 57.2 Å². The van der Waals surface area contributed by atoms with Crippen molar-refractivity contribution in [3.63, 3.8) is 0 Å². The van der Waals surface area contributed by atoms with E-state index >= 15 is 0 Å². The first kappa shape index (κ1) is 40.1. The molecule has 1 N–H and O–H groups in total. The molecule has 0 amide bonds. The van der Waals surface area contributed by atoms with Gasteiger partial charge < -0.3 is 19.3 Å². The van der Waals surface area contributed by atoms with Crippen molar-refractivity contribution >= 4 is 11.9 Å². The van der Waals surface area contributed by atoms with E-state index < -0.39 is 6.10 Å². The van der Waals surface area contributed by atoms with Crippen molar-refractivity contribution in [2.75, 3.05) is 13.2 Å². The molecule has 1 saturated heterocycles. The minimum absolute atomic E-state index is 0.139. The van der Waals surface area contributed by atoms with Gasteiger partial charge in [0.05, 0.1) is 12.2 Å². The van der Waals surface area contributed by atoms with E-state index in [9.17, 15) is 14.7 Å². The average molecular weight is 619 g/mol. The molecule has 1 fully saturated rings. The highest BCUT2D eigenvalue weighted by molar-refractivity contribution is 5.69. The van der Waals surface area contributed by atoms with Gasteiger partial charge in [0.2, 0.25) is 0 Å². The second-order valence-electron chi connectivity index (χ2n) is 12.6. The van der Waals surface area contributed by atoms with Gasteiger partial charge in [0.15, 0.2) is 0 Å². The molecule has 0 saturated carbocycles. The Hall–Kier alpha value is -1.92. The summed E-state index contributed by atoms with van der Waals surface area (Å²) in [4.78, 5) is 23.9. The Morgan fingerprint density at radius 2 is 1.27 bits per heavy atom. The Bertz CT molecular complexity index is 788. The third kappa shape index (κ3) is 25.4. The summed E-state index contributed by atoms with van der Waals surface area (Å²) in [6.45, 7) is 6.53. The number of carbonyl (C=O) groups excluding carboxylic acids is 2. The molecule has 1 rings (SSSR count). The van der Waals surface area contributed by atoms with E-state index in [0.717, 1.165) is 50.9 Å². The molecule has 4 atom stereocenters. The predicted octanol–water partition coefficient (Wildman–Crippen LogP) is 9.74. The van der Waals surface area contributed by atoms with E-state index in [-0.39, 0.29) is 37.4 Å². The van der Waals surface area contributed by atoms with Gasteiger partial charge in [-0.15, -0.1) is 0 Å². The molecule has 0 bridgehead atoms. The van der Waals surface area contributed by atoms with Crippen molar-refractivity contribution in [1.82, 2.24) is 0 Å². The summed E-state index contributed by atoms with van der Waals surface area (Å²) >= 11 is 0. The van der Waals surface area contributed by atoms with Crippen LogP contribution in [0.4, 0.5) is 0 Å². The lowest BCUT2D eigenvalue weighted by atomic mass is 9.99. The number of aliphatic hydroxyl groups is 1. The van der Waals surface area contributed by atoms with Crippen LogP contribution in [-0.4, -0.2) is 48.6 Å². The van der Waals surface area contributed by atoms with Crippen LogP contribution in [0, 0.1) is 5.92 Å². The number of hydrogen-bond donors (Lipinski definition) is 1. The van der Waals surface area contributed by atoms with Gasteiger partial charge in [0, 0.05) is 12.8 Å². The van der Waals surface area contributed by atoms with Gasteiger partial charge in [-0.25, -0.2) is 0 Å². The van der Waals surface area contributed by atoms with Crippen molar-refractivity contribution in [3.05, 3.63) is 36.5 Å². The minimum atomic E-state index is -0.993. The molecule has 0 radical (unpaired) electrons. The number of unbranched alkanes of at least 4 members (excludes halogenated alkanes) is 10. The first-order chi connectivity index (χ1) is 21.5. The van der Waals surface area contributed by atoms with Crippen LogP contribution in [0.25, 0.3) is 0 Å². The monoisotopic (exact) mass is 618 g/mol. The Morgan fingerprint density at radius 3 is 1.91 bits per heavy atom. The molecule has 1 heterocycles. The number of aliphatic hydroxyl groups excluding tert-OH is 1. The zero-order chi connectivity index (χ0) is 32.1.